The lowest BCUT2D eigenvalue weighted by atomic mass is 9.77. The van der Waals surface area contributed by atoms with Gasteiger partial charge in [0.2, 0.25) is 11.9 Å². The van der Waals surface area contributed by atoms with Crippen LogP contribution in [0.2, 0.25) is 0 Å². The molecule has 0 saturated carbocycles. The molecule has 0 atom stereocenters. The minimum atomic E-state index is -0.171. The molecule has 4 heterocycles. The van der Waals surface area contributed by atoms with Crippen molar-refractivity contribution in [1.29, 1.82) is 0 Å². The number of piperidine rings is 1. The van der Waals surface area contributed by atoms with Gasteiger partial charge in [-0.1, -0.05) is 0 Å². The molecule has 3 aromatic rings. The third kappa shape index (κ3) is 3.38. The molecular weight excluding hydrogens is 378 g/mol. The Morgan fingerprint density at radius 1 is 1.13 bits per heavy atom. The number of rotatable bonds is 4. The normalized spacial score (nSPS) is 17.9. The molecule has 2 fully saturated rings. The molecule has 2 saturated heterocycles. The summed E-state index contributed by atoms with van der Waals surface area (Å²) in [5.74, 6) is 1.74. The van der Waals surface area contributed by atoms with E-state index in [2.05, 4.69) is 25.5 Å². The number of anilines is 3. The molecule has 2 N–H and O–H groups in total. The van der Waals surface area contributed by atoms with Gasteiger partial charge in [-0.15, -0.1) is 0 Å². The molecule has 0 radical (unpaired) electrons. The molecule has 154 valence electrons. The maximum atomic E-state index is 12.2. The molecule has 2 aromatic heterocycles. The Kier molecular flexibility index (Phi) is 4.61. The van der Waals surface area contributed by atoms with Crippen LogP contribution in [0.1, 0.15) is 24.8 Å². The van der Waals surface area contributed by atoms with Gasteiger partial charge in [-0.2, -0.15) is 4.98 Å². The van der Waals surface area contributed by atoms with Crippen molar-refractivity contribution in [1.82, 2.24) is 24.8 Å². The van der Waals surface area contributed by atoms with E-state index in [1.807, 2.05) is 48.1 Å². The van der Waals surface area contributed by atoms with E-state index < -0.39 is 0 Å². The van der Waals surface area contributed by atoms with Crippen molar-refractivity contribution in [3.63, 3.8) is 0 Å². The lowest BCUT2D eigenvalue weighted by Gasteiger charge is -2.38. The van der Waals surface area contributed by atoms with Gasteiger partial charge in [-0.05, 0) is 50.5 Å². The molecule has 2 aliphatic heterocycles. The lowest BCUT2D eigenvalue weighted by molar-refractivity contribution is -0.128. The molecular formula is C22H25N7O. The second kappa shape index (κ2) is 7.44. The number of hydrogen-bond donors (Lipinski definition) is 2. The number of hydrogen-bond acceptors (Lipinski definition) is 6. The van der Waals surface area contributed by atoms with Crippen molar-refractivity contribution >= 4 is 23.4 Å². The number of benzene rings is 1. The van der Waals surface area contributed by atoms with E-state index in [4.69, 9.17) is 4.98 Å². The van der Waals surface area contributed by atoms with Gasteiger partial charge in [-0.25, -0.2) is 9.97 Å². The molecule has 30 heavy (non-hydrogen) atoms. The fourth-order valence-electron chi connectivity index (χ4n) is 4.41. The number of amides is 1. The van der Waals surface area contributed by atoms with Gasteiger partial charge in [0, 0.05) is 55.2 Å². The number of aryl methyl sites for hydroxylation is 1. The van der Waals surface area contributed by atoms with Crippen molar-refractivity contribution in [2.24, 2.45) is 5.41 Å². The number of carbonyl (C=O) groups excluding carboxylic acids is 1. The van der Waals surface area contributed by atoms with E-state index in [9.17, 15) is 4.79 Å². The zero-order chi connectivity index (χ0) is 20.6. The Hall–Kier alpha value is -3.42. The topological polar surface area (TPSA) is 88.0 Å². The van der Waals surface area contributed by atoms with Gasteiger partial charge in [0.05, 0.1) is 11.7 Å². The average Bonchev–Trinajstić information content (AvgIpc) is 3.42. The summed E-state index contributed by atoms with van der Waals surface area (Å²) in [7, 11) is 0. The summed E-state index contributed by atoms with van der Waals surface area (Å²) in [6, 6.07) is 8.05. The monoisotopic (exact) mass is 403 g/mol. The predicted molar refractivity (Wildman–Crippen MR) is 115 cm³/mol. The second-order valence-corrected chi connectivity index (χ2v) is 8.12. The van der Waals surface area contributed by atoms with Gasteiger partial charge in [0.25, 0.3) is 0 Å². The van der Waals surface area contributed by atoms with Gasteiger partial charge in [-0.3, -0.25) is 4.79 Å². The molecule has 0 aliphatic carbocycles. The van der Waals surface area contributed by atoms with E-state index in [1.165, 1.54) is 0 Å². The molecule has 8 nitrogen and oxygen atoms in total. The van der Waals surface area contributed by atoms with Gasteiger partial charge in [0.15, 0.2) is 0 Å². The molecule has 1 aromatic carbocycles. The highest BCUT2D eigenvalue weighted by Crippen LogP contribution is 2.39. The summed E-state index contributed by atoms with van der Waals surface area (Å²) < 4.78 is 1.96. The first-order chi connectivity index (χ1) is 14.6. The lowest BCUT2D eigenvalue weighted by Crippen LogP contribution is -2.44. The first-order valence-corrected chi connectivity index (χ1v) is 10.4. The first kappa shape index (κ1) is 18.6. The van der Waals surface area contributed by atoms with E-state index in [-0.39, 0.29) is 11.3 Å². The fraction of sp³-hybridized carbons (Fsp3) is 0.364. The third-order valence-corrected chi connectivity index (χ3v) is 6.26. The summed E-state index contributed by atoms with van der Waals surface area (Å²) in [6.45, 7) is 4.51. The average molecular weight is 403 g/mol. The Bertz CT molecular complexity index is 1040. The van der Waals surface area contributed by atoms with Crippen molar-refractivity contribution in [3.05, 3.63) is 54.7 Å². The molecule has 0 unspecified atom stereocenters. The second-order valence-electron chi connectivity index (χ2n) is 8.12. The third-order valence-electron chi connectivity index (χ3n) is 6.26. The van der Waals surface area contributed by atoms with Crippen molar-refractivity contribution in [3.8, 4) is 5.69 Å². The van der Waals surface area contributed by atoms with Crippen LogP contribution in [0.15, 0.2) is 49.2 Å². The highest BCUT2D eigenvalue weighted by atomic mass is 16.2. The number of nitrogens with one attached hydrogen (secondary N) is 2. The first-order valence-electron chi connectivity index (χ1n) is 10.4. The molecule has 1 spiro atoms. The Morgan fingerprint density at radius 3 is 2.60 bits per heavy atom. The van der Waals surface area contributed by atoms with Crippen LogP contribution in [0.4, 0.5) is 17.5 Å². The van der Waals surface area contributed by atoms with Crippen LogP contribution in [-0.4, -0.2) is 45.1 Å². The largest absolute Gasteiger partial charge is 0.356 e. The zero-order valence-corrected chi connectivity index (χ0v) is 17.0. The quantitative estimate of drug-likeness (QED) is 0.697. The van der Waals surface area contributed by atoms with Crippen LogP contribution in [0, 0.1) is 12.3 Å². The highest BCUT2D eigenvalue weighted by Gasteiger charge is 2.44. The minimum absolute atomic E-state index is 0.171. The molecule has 5 rings (SSSR count). The maximum absolute atomic E-state index is 12.2. The van der Waals surface area contributed by atoms with E-state index >= 15 is 0 Å². The molecule has 8 heteroatoms. The van der Waals surface area contributed by atoms with Crippen LogP contribution in [0.25, 0.3) is 5.69 Å². The van der Waals surface area contributed by atoms with E-state index in [0.29, 0.717) is 5.95 Å². The Labute approximate surface area is 175 Å². The number of aromatic nitrogens is 4. The zero-order valence-electron chi connectivity index (χ0n) is 17.0. The van der Waals surface area contributed by atoms with E-state index in [1.54, 1.807) is 12.5 Å². The summed E-state index contributed by atoms with van der Waals surface area (Å²) >= 11 is 0. The number of carbonyl (C=O) groups is 1. The Morgan fingerprint density at radius 2 is 1.93 bits per heavy atom. The van der Waals surface area contributed by atoms with Crippen LogP contribution < -0.4 is 15.5 Å². The van der Waals surface area contributed by atoms with E-state index in [0.717, 1.165) is 61.7 Å². The fourth-order valence-corrected chi connectivity index (χ4v) is 4.41. The minimum Gasteiger partial charge on any atom is -0.356 e. The van der Waals surface area contributed by atoms with Crippen molar-refractivity contribution < 1.29 is 4.79 Å². The molecule has 2 aliphatic rings. The standard InChI is InChI=1S/C22H25N7O/c1-16-14-25-21(26-17-2-4-18(5-3-17)29-13-10-23-15-29)27-19(16)28-11-7-22(8-12-28)6-9-24-20(22)30/h2-5,10,13-15H,6-9,11-12H2,1H3,(H,24,30)(H,25,26,27). The van der Waals surface area contributed by atoms with Gasteiger partial charge >= 0.3 is 0 Å². The smallest absolute Gasteiger partial charge is 0.229 e. The Balaban J connectivity index is 1.30. The summed E-state index contributed by atoms with van der Waals surface area (Å²) in [5, 5.41) is 6.30. The van der Waals surface area contributed by atoms with Gasteiger partial charge in [0.1, 0.15) is 5.82 Å². The number of imidazole rings is 1. The highest BCUT2D eigenvalue weighted by molar-refractivity contribution is 5.85. The predicted octanol–water partition coefficient (Wildman–Crippen LogP) is 2.82. The summed E-state index contributed by atoms with van der Waals surface area (Å²) in [5.41, 5.74) is 2.84. The SMILES string of the molecule is Cc1cnc(Nc2ccc(-n3ccnc3)cc2)nc1N1CCC2(CCNC2=O)CC1. The van der Waals surface area contributed by atoms with Crippen molar-refractivity contribution in [2.45, 2.75) is 26.2 Å². The summed E-state index contributed by atoms with van der Waals surface area (Å²) in [6.07, 6.45) is 10.0. The van der Waals surface area contributed by atoms with Crippen LogP contribution in [0.3, 0.4) is 0 Å². The molecule has 0 bridgehead atoms. The van der Waals surface area contributed by atoms with Crippen LogP contribution in [0.5, 0.6) is 0 Å². The summed E-state index contributed by atoms with van der Waals surface area (Å²) in [4.78, 5) is 27.8. The van der Waals surface area contributed by atoms with Crippen LogP contribution >= 0.6 is 0 Å². The van der Waals surface area contributed by atoms with Gasteiger partial charge < -0.3 is 20.1 Å². The van der Waals surface area contributed by atoms with Crippen LogP contribution in [-0.2, 0) is 4.79 Å². The number of nitrogens with zero attached hydrogens (tertiary/aromatic N) is 5. The maximum Gasteiger partial charge on any atom is 0.229 e. The molecule has 1 amide bonds. The van der Waals surface area contributed by atoms with Crippen molar-refractivity contribution in [2.75, 3.05) is 29.9 Å².